The number of rotatable bonds is 1. The molecule has 0 rings (SSSR count). The zero-order valence-electron chi connectivity index (χ0n) is 7.31. The summed E-state index contributed by atoms with van der Waals surface area (Å²) in [5.41, 5.74) is 0. The Morgan fingerprint density at radius 1 is 0.800 bits per heavy atom. The van der Waals surface area contributed by atoms with E-state index in [9.17, 15) is 22.0 Å². The topological polar surface area (TPSA) is 71.4 Å². The molecule has 0 heterocycles. The Morgan fingerprint density at radius 3 is 1.13 bits per heavy atom. The third kappa shape index (κ3) is 2.24. The fourth-order valence-electron chi connectivity index (χ4n) is 0.575. The molecule has 0 aromatic carbocycles. The molecule has 0 atom stereocenters. The summed E-state index contributed by atoms with van der Waals surface area (Å²) in [4.78, 5) is 0. The van der Waals surface area contributed by atoms with Crippen LogP contribution in [0.15, 0.2) is 0 Å². The molecule has 0 aromatic rings. The van der Waals surface area contributed by atoms with Gasteiger partial charge < -0.3 is 0 Å². The maximum absolute atomic E-state index is 12.5. The molecule has 3 nitrogen and oxygen atoms in total. The molecule has 0 unspecified atom stereocenters. The second-order valence-corrected chi connectivity index (χ2v) is 2.37. The Hall–Kier alpha value is -1.22. The molecular formula is C5BF5LiN3. The molecule has 0 spiro atoms. The first-order chi connectivity index (χ1) is 6.18. The van der Waals surface area contributed by atoms with Crippen molar-refractivity contribution >= 4 is 6.15 Å². The number of hydrogen-bond acceptors (Lipinski definition) is 3. The summed E-state index contributed by atoms with van der Waals surface area (Å²) in [6.07, 6.45) is -10.8. The van der Waals surface area contributed by atoms with E-state index in [1.807, 2.05) is 0 Å². The van der Waals surface area contributed by atoms with E-state index in [-0.39, 0.29) is 18.9 Å². The molecule has 0 amide bonds. The van der Waals surface area contributed by atoms with Gasteiger partial charge in [0.25, 0.3) is 5.82 Å². The fourth-order valence-corrected chi connectivity index (χ4v) is 0.575. The van der Waals surface area contributed by atoms with Crippen LogP contribution in [0.4, 0.5) is 22.0 Å². The van der Waals surface area contributed by atoms with Crippen molar-refractivity contribution in [3.63, 3.8) is 0 Å². The van der Waals surface area contributed by atoms with E-state index in [4.69, 9.17) is 15.8 Å². The van der Waals surface area contributed by atoms with Gasteiger partial charge in [-0.25, -0.2) is 24.6 Å². The van der Waals surface area contributed by atoms with Gasteiger partial charge in [-0.2, -0.15) is 13.2 Å². The smallest absolute Gasteiger partial charge is 0.247 e. The van der Waals surface area contributed by atoms with Gasteiger partial charge in [0.1, 0.15) is 0 Å². The van der Waals surface area contributed by atoms with Gasteiger partial charge in [0.2, 0.25) is 0 Å². The third-order valence-electron chi connectivity index (χ3n) is 1.50. The Balaban J connectivity index is 0. The van der Waals surface area contributed by atoms with Crippen LogP contribution < -0.4 is 18.9 Å². The zero-order valence-corrected chi connectivity index (χ0v) is 7.31. The summed E-state index contributed by atoms with van der Waals surface area (Å²) in [7, 11) is 0. The van der Waals surface area contributed by atoms with Crippen LogP contribution in [0.3, 0.4) is 0 Å². The molecule has 0 aliphatic rings. The van der Waals surface area contributed by atoms with Crippen LogP contribution in [0, 0.1) is 33.7 Å². The number of nitriles is 3. The maximum atomic E-state index is 12.5. The molecule has 0 aromatic heterocycles. The monoisotopic (exact) mass is 215 g/mol. The number of nitrogens with zero attached hydrogens (tertiary/aromatic N) is 3. The van der Waals surface area contributed by atoms with Crippen LogP contribution >= 0.6 is 0 Å². The molecule has 15 heavy (non-hydrogen) atoms. The molecule has 0 aliphatic heterocycles. The van der Waals surface area contributed by atoms with Crippen LogP contribution in [0.25, 0.3) is 0 Å². The van der Waals surface area contributed by atoms with Crippen LogP contribution in [0.1, 0.15) is 0 Å². The van der Waals surface area contributed by atoms with E-state index in [1.54, 1.807) is 0 Å². The van der Waals surface area contributed by atoms with Crippen molar-refractivity contribution in [1.82, 2.24) is 0 Å². The second-order valence-electron chi connectivity index (χ2n) is 2.37. The van der Waals surface area contributed by atoms with Gasteiger partial charge in [-0.3, -0.25) is 0 Å². The molecule has 0 aliphatic carbocycles. The van der Waals surface area contributed by atoms with E-state index in [0.717, 1.165) is 0 Å². The Morgan fingerprint density at radius 2 is 1.07 bits per heavy atom. The molecule has 0 bridgehead atoms. The average molecular weight is 215 g/mol. The van der Waals surface area contributed by atoms with Crippen molar-refractivity contribution in [2.24, 2.45) is 0 Å². The average Bonchev–Trinajstić information content (AvgIpc) is 2.06. The van der Waals surface area contributed by atoms with Crippen molar-refractivity contribution in [2.75, 3.05) is 0 Å². The van der Waals surface area contributed by atoms with Crippen molar-refractivity contribution in [2.45, 2.75) is 12.0 Å². The Bertz CT molecular complexity index is 323. The summed E-state index contributed by atoms with van der Waals surface area (Å²) in [6.45, 7) is 0. The van der Waals surface area contributed by atoms with E-state index < -0.39 is 18.1 Å². The van der Waals surface area contributed by atoms with Crippen molar-refractivity contribution < 1.29 is 40.8 Å². The van der Waals surface area contributed by atoms with Crippen LogP contribution in [0.5, 0.6) is 0 Å². The predicted octanol–water partition coefficient (Wildman–Crippen LogP) is -1.64. The normalized spacial score (nSPS) is 11.6. The van der Waals surface area contributed by atoms with Crippen molar-refractivity contribution in [3.8, 4) is 17.9 Å². The first-order valence-electron chi connectivity index (χ1n) is 3.02. The molecule has 74 valence electrons. The summed E-state index contributed by atoms with van der Waals surface area (Å²) in [6, 6.07) is 0. The van der Waals surface area contributed by atoms with Gasteiger partial charge in [0, 0.05) is 0 Å². The first kappa shape index (κ1) is 16.2. The van der Waals surface area contributed by atoms with Crippen LogP contribution in [-0.4, -0.2) is 18.1 Å². The third-order valence-corrected chi connectivity index (χ3v) is 1.50. The maximum Gasteiger partial charge on any atom is 1.00 e. The van der Waals surface area contributed by atoms with E-state index in [1.165, 1.54) is 0 Å². The number of halogens is 5. The molecular weight excluding hydrogens is 215 g/mol. The molecule has 0 radical (unpaired) electrons. The minimum Gasteiger partial charge on any atom is -0.247 e. The van der Waals surface area contributed by atoms with Gasteiger partial charge in [-0.1, -0.05) is 0 Å². The molecule has 0 fully saturated rings. The van der Waals surface area contributed by atoms with Crippen LogP contribution in [-0.2, 0) is 0 Å². The van der Waals surface area contributed by atoms with Gasteiger partial charge in [0.05, 0.1) is 0 Å². The second kappa shape index (κ2) is 4.53. The van der Waals surface area contributed by atoms with Crippen molar-refractivity contribution in [1.29, 1.82) is 15.8 Å². The van der Waals surface area contributed by atoms with Gasteiger partial charge in [0.15, 0.2) is 0 Å². The SMILES string of the molecule is N#C[B-](C#N)(C#N)C(F)(F)C(F)(F)F.[Li+]. The summed E-state index contributed by atoms with van der Waals surface area (Å²) in [5.74, 6) is -4.32. The standard InChI is InChI=1S/C5BF5N3.Li/c7-4(8,5(9,10)11)6(1-12,2-13)3-14;/q-1;+1. The fraction of sp³-hybridized carbons (Fsp3) is 0.400. The predicted molar refractivity (Wildman–Crippen MR) is 33.6 cm³/mol. The zero-order chi connectivity index (χ0) is 11.6. The van der Waals surface area contributed by atoms with Gasteiger partial charge >= 0.3 is 31.2 Å². The van der Waals surface area contributed by atoms with Gasteiger partial charge in [-0.05, 0) is 0 Å². The van der Waals surface area contributed by atoms with Gasteiger partial charge in [-0.15, -0.1) is 17.9 Å². The largest absolute Gasteiger partial charge is 1.00 e. The van der Waals surface area contributed by atoms with E-state index >= 15 is 0 Å². The summed E-state index contributed by atoms with van der Waals surface area (Å²) in [5, 5.41) is 24.1. The van der Waals surface area contributed by atoms with Crippen molar-refractivity contribution in [3.05, 3.63) is 0 Å². The van der Waals surface area contributed by atoms with Crippen LogP contribution in [0.2, 0.25) is 0 Å². The Kier molecular flexibility index (Phi) is 4.90. The molecule has 0 saturated carbocycles. The summed E-state index contributed by atoms with van der Waals surface area (Å²) >= 11 is 0. The minimum absolute atomic E-state index is 0. The molecule has 0 saturated heterocycles. The Labute approximate surface area is 93.2 Å². The number of alkyl halides is 5. The quantitative estimate of drug-likeness (QED) is 0.389. The first-order valence-corrected chi connectivity index (χ1v) is 3.02. The number of hydrogen-bond donors (Lipinski definition) is 0. The van der Waals surface area contributed by atoms with E-state index in [0.29, 0.717) is 17.9 Å². The summed E-state index contributed by atoms with van der Waals surface area (Å²) < 4.78 is 60.1. The van der Waals surface area contributed by atoms with E-state index in [2.05, 4.69) is 0 Å². The molecule has 10 heteroatoms. The minimum atomic E-state index is -6.09. The molecule has 0 N–H and O–H groups in total.